The Kier molecular flexibility index (Phi) is 6.75. The first kappa shape index (κ1) is 19.4. The molecule has 2 fully saturated rings. The van der Waals surface area contributed by atoms with E-state index in [0.29, 0.717) is 25.5 Å². The van der Waals surface area contributed by atoms with E-state index >= 15 is 0 Å². The van der Waals surface area contributed by atoms with Crippen LogP contribution in [0.25, 0.3) is 0 Å². The van der Waals surface area contributed by atoms with Gasteiger partial charge in [-0.05, 0) is 43.5 Å². The molecule has 0 aromatic heterocycles. The molecule has 0 saturated carbocycles. The van der Waals surface area contributed by atoms with Gasteiger partial charge in [0.1, 0.15) is 5.60 Å². The van der Waals surface area contributed by atoms with Gasteiger partial charge in [0.15, 0.2) is 0 Å². The zero-order chi connectivity index (χ0) is 18.4. The number of nitrogens with zero attached hydrogens (tertiary/aromatic N) is 1. The summed E-state index contributed by atoms with van der Waals surface area (Å²) in [5, 5.41) is 16.6. The molecule has 1 unspecified atom stereocenters. The number of piperidine rings is 1. The number of benzene rings is 1. The molecule has 1 aromatic rings. The van der Waals surface area contributed by atoms with Gasteiger partial charge in [0.05, 0.1) is 13.2 Å². The predicted octanol–water partition coefficient (Wildman–Crippen LogP) is 2.00. The monoisotopic (exact) mass is 381 g/mol. The number of likely N-dealkylation sites (tertiary alicyclic amines) is 1. The Morgan fingerprint density at radius 3 is 2.77 bits per heavy atom. The van der Waals surface area contributed by atoms with Crippen molar-refractivity contribution in [1.29, 1.82) is 0 Å². The van der Waals surface area contributed by atoms with E-state index in [1.807, 2.05) is 18.2 Å². The Hall–Kier alpha value is -1.34. The highest BCUT2D eigenvalue weighted by Crippen LogP contribution is 2.22. The standard InChI is InChI=1S/C19H28ClN3O3/c20-17-4-2-1-3-16(17)12-23-8-5-15(6-9-23)11-21-18(24)22-13-19(25)7-10-26-14-19/h1-4,15,25H,5-14H2,(H2,21,22,24). The van der Waals surface area contributed by atoms with Crippen LogP contribution in [0, 0.1) is 5.92 Å². The van der Waals surface area contributed by atoms with Crippen molar-refractivity contribution >= 4 is 17.6 Å². The van der Waals surface area contributed by atoms with Crippen LogP contribution in [0.4, 0.5) is 4.79 Å². The van der Waals surface area contributed by atoms with Crippen molar-refractivity contribution in [2.75, 3.05) is 39.4 Å². The number of aliphatic hydroxyl groups is 1. The third-order valence-corrected chi connectivity index (χ3v) is 5.64. The van der Waals surface area contributed by atoms with Gasteiger partial charge in [-0.2, -0.15) is 0 Å². The van der Waals surface area contributed by atoms with Crippen molar-refractivity contribution in [2.24, 2.45) is 5.92 Å². The number of nitrogens with one attached hydrogen (secondary N) is 2. The second kappa shape index (κ2) is 9.04. The molecule has 3 rings (SSSR count). The summed E-state index contributed by atoms with van der Waals surface area (Å²) in [4.78, 5) is 14.3. The van der Waals surface area contributed by atoms with Crippen LogP contribution in [-0.2, 0) is 11.3 Å². The summed E-state index contributed by atoms with van der Waals surface area (Å²) in [6.45, 7) is 4.63. The van der Waals surface area contributed by atoms with E-state index in [1.165, 1.54) is 5.56 Å². The van der Waals surface area contributed by atoms with Gasteiger partial charge in [-0.15, -0.1) is 0 Å². The summed E-state index contributed by atoms with van der Waals surface area (Å²) in [6.07, 6.45) is 2.68. The van der Waals surface area contributed by atoms with Crippen molar-refractivity contribution < 1.29 is 14.6 Å². The van der Waals surface area contributed by atoms with Crippen LogP contribution < -0.4 is 10.6 Å². The summed E-state index contributed by atoms with van der Waals surface area (Å²) in [6, 6.07) is 7.76. The average Bonchev–Trinajstić information content (AvgIpc) is 3.08. The minimum absolute atomic E-state index is 0.219. The third-order valence-electron chi connectivity index (χ3n) is 5.27. The normalized spacial score (nSPS) is 24.5. The fraction of sp³-hybridized carbons (Fsp3) is 0.632. The number of urea groups is 1. The zero-order valence-electron chi connectivity index (χ0n) is 15.0. The maximum absolute atomic E-state index is 11.9. The van der Waals surface area contributed by atoms with Crippen LogP contribution in [0.5, 0.6) is 0 Å². The highest BCUT2D eigenvalue weighted by atomic mass is 35.5. The smallest absolute Gasteiger partial charge is 0.314 e. The molecule has 2 aliphatic rings. The maximum Gasteiger partial charge on any atom is 0.314 e. The van der Waals surface area contributed by atoms with Crippen molar-refractivity contribution in [3.8, 4) is 0 Å². The summed E-state index contributed by atoms with van der Waals surface area (Å²) in [7, 11) is 0. The van der Waals surface area contributed by atoms with E-state index < -0.39 is 5.60 Å². The first-order valence-electron chi connectivity index (χ1n) is 9.32. The lowest BCUT2D eigenvalue weighted by molar-refractivity contribution is 0.0291. The SMILES string of the molecule is O=C(NCC1CCN(Cc2ccccc2Cl)CC1)NCC1(O)CCOC1. The van der Waals surface area contributed by atoms with E-state index in [1.54, 1.807) is 0 Å². The number of hydrogen-bond donors (Lipinski definition) is 3. The molecule has 26 heavy (non-hydrogen) atoms. The molecule has 0 bridgehead atoms. The molecule has 144 valence electrons. The van der Waals surface area contributed by atoms with Gasteiger partial charge in [-0.1, -0.05) is 29.8 Å². The van der Waals surface area contributed by atoms with Crippen LogP contribution in [0.15, 0.2) is 24.3 Å². The lowest BCUT2D eigenvalue weighted by Crippen LogP contribution is -2.48. The molecule has 0 aliphatic carbocycles. The van der Waals surface area contributed by atoms with E-state index in [-0.39, 0.29) is 19.2 Å². The second-order valence-electron chi connectivity index (χ2n) is 7.40. The Morgan fingerprint density at radius 2 is 2.08 bits per heavy atom. The van der Waals surface area contributed by atoms with Crippen molar-refractivity contribution in [3.63, 3.8) is 0 Å². The summed E-state index contributed by atoms with van der Waals surface area (Å²) >= 11 is 6.24. The minimum Gasteiger partial charge on any atom is -0.386 e. The fourth-order valence-electron chi connectivity index (χ4n) is 3.50. The van der Waals surface area contributed by atoms with Gasteiger partial charge in [-0.3, -0.25) is 4.90 Å². The number of carbonyl (C=O) groups is 1. The molecular formula is C19H28ClN3O3. The lowest BCUT2D eigenvalue weighted by atomic mass is 9.96. The van der Waals surface area contributed by atoms with Crippen LogP contribution in [0.1, 0.15) is 24.8 Å². The Morgan fingerprint density at radius 1 is 1.31 bits per heavy atom. The van der Waals surface area contributed by atoms with Gasteiger partial charge in [-0.25, -0.2) is 4.79 Å². The number of ether oxygens (including phenoxy) is 1. The van der Waals surface area contributed by atoms with E-state index in [0.717, 1.165) is 37.5 Å². The molecule has 1 aromatic carbocycles. The largest absolute Gasteiger partial charge is 0.386 e. The van der Waals surface area contributed by atoms with E-state index in [2.05, 4.69) is 21.6 Å². The van der Waals surface area contributed by atoms with Gasteiger partial charge >= 0.3 is 6.03 Å². The predicted molar refractivity (Wildman–Crippen MR) is 101 cm³/mol. The molecular weight excluding hydrogens is 354 g/mol. The first-order chi connectivity index (χ1) is 12.5. The van der Waals surface area contributed by atoms with Crippen molar-refractivity contribution in [1.82, 2.24) is 15.5 Å². The molecule has 7 heteroatoms. The highest BCUT2D eigenvalue weighted by molar-refractivity contribution is 6.31. The fourth-order valence-corrected chi connectivity index (χ4v) is 3.69. The number of halogens is 1. The molecule has 6 nitrogen and oxygen atoms in total. The van der Waals surface area contributed by atoms with Crippen LogP contribution in [0.3, 0.4) is 0 Å². The van der Waals surface area contributed by atoms with Crippen LogP contribution in [-0.4, -0.2) is 61.0 Å². The molecule has 2 saturated heterocycles. The van der Waals surface area contributed by atoms with Gasteiger partial charge in [0, 0.05) is 31.1 Å². The number of rotatable bonds is 6. The molecule has 3 N–H and O–H groups in total. The quantitative estimate of drug-likeness (QED) is 0.704. The second-order valence-corrected chi connectivity index (χ2v) is 7.81. The summed E-state index contributed by atoms with van der Waals surface area (Å²) < 4.78 is 5.17. The van der Waals surface area contributed by atoms with Gasteiger partial charge in [0.2, 0.25) is 0 Å². The van der Waals surface area contributed by atoms with E-state index in [4.69, 9.17) is 16.3 Å². The first-order valence-corrected chi connectivity index (χ1v) is 9.69. The highest BCUT2D eigenvalue weighted by Gasteiger charge is 2.32. The summed E-state index contributed by atoms with van der Waals surface area (Å²) in [5.74, 6) is 0.487. The van der Waals surface area contributed by atoms with Crippen LogP contribution in [0.2, 0.25) is 5.02 Å². The Labute approximate surface area is 159 Å². The minimum atomic E-state index is -0.915. The number of amides is 2. The van der Waals surface area contributed by atoms with E-state index in [9.17, 15) is 9.90 Å². The van der Waals surface area contributed by atoms with Crippen molar-refractivity contribution in [3.05, 3.63) is 34.9 Å². The average molecular weight is 382 g/mol. The molecule has 1 atom stereocenters. The van der Waals surface area contributed by atoms with Crippen LogP contribution >= 0.6 is 11.6 Å². The maximum atomic E-state index is 11.9. The molecule has 2 amide bonds. The van der Waals surface area contributed by atoms with Crippen molar-refractivity contribution in [2.45, 2.75) is 31.4 Å². The molecule has 2 heterocycles. The third kappa shape index (κ3) is 5.58. The molecule has 2 aliphatic heterocycles. The topological polar surface area (TPSA) is 73.8 Å². The lowest BCUT2D eigenvalue weighted by Gasteiger charge is -2.32. The molecule has 0 radical (unpaired) electrons. The molecule has 0 spiro atoms. The van der Waals surface area contributed by atoms with Gasteiger partial charge in [0.25, 0.3) is 0 Å². The zero-order valence-corrected chi connectivity index (χ0v) is 15.8. The Balaban J connectivity index is 1.32. The number of carbonyl (C=O) groups excluding carboxylic acids is 1. The summed E-state index contributed by atoms with van der Waals surface area (Å²) in [5.41, 5.74) is 0.250. The van der Waals surface area contributed by atoms with Gasteiger partial charge < -0.3 is 20.5 Å². The number of hydrogen-bond acceptors (Lipinski definition) is 4. The Bertz CT molecular complexity index is 599.